The van der Waals surface area contributed by atoms with E-state index in [1.54, 1.807) is 12.2 Å². The number of dihydropyridines is 1. The van der Waals surface area contributed by atoms with E-state index in [1.807, 2.05) is 0 Å². The first kappa shape index (κ1) is 8.62. The van der Waals surface area contributed by atoms with Gasteiger partial charge in [-0.25, -0.2) is 9.79 Å². The number of carboxylic acids is 1. The number of aliphatic imine (C=N–C) groups is 1. The highest BCUT2D eigenvalue weighted by atomic mass is 16.4. The summed E-state index contributed by atoms with van der Waals surface area (Å²) in [5.41, 5.74) is 0.875. The third-order valence-corrected chi connectivity index (χ3v) is 2.13. The molecule has 1 aliphatic heterocycles. The second-order valence-corrected chi connectivity index (χ2v) is 3.02. The zero-order chi connectivity index (χ0) is 10.1. The summed E-state index contributed by atoms with van der Waals surface area (Å²) >= 11 is 0. The van der Waals surface area contributed by atoms with Gasteiger partial charge in [0.1, 0.15) is 0 Å². The van der Waals surface area contributed by atoms with Crippen molar-refractivity contribution in [3.63, 3.8) is 0 Å². The largest absolute Gasteiger partial charge is 0.478 e. The third-order valence-electron chi connectivity index (χ3n) is 2.13. The number of carbonyl (C=O) groups excluding carboxylic acids is 1. The molecule has 1 amide bonds. The number of allylic oxidation sites excluding steroid dienone is 2. The maximum atomic E-state index is 11.2. The van der Waals surface area contributed by atoms with E-state index in [1.165, 1.54) is 18.4 Å². The number of carboxylic acid groups (broad SMARTS) is 1. The SMILES string of the molecule is O=C(O)C1=CC2=CC=NC(=O)C2C=C1. The quantitative estimate of drug-likeness (QED) is 0.660. The van der Waals surface area contributed by atoms with E-state index in [4.69, 9.17) is 5.11 Å². The van der Waals surface area contributed by atoms with Crippen LogP contribution in [0.4, 0.5) is 0 Å². The van der Waals surface area contributed by atoms with E-state index in [0.717, 1.165) is 0 Å². The molecule has 0 saturated heterocycles. The lowest BCUT2D eigenvalue weighted by molar-refractivity contribution is -0.132. The van der Waals surface area contributed by atoms with Crippen molar-refractivity contribution in [1.29, 1.82) is 0 Å². The molecule has 1 unspecified atom stereocenters. The van der Waals surface area contributed by atoms with Gasteiger partial charge in [0.05, 0.1) is 11.5 Å². The van der Waals surface area contributed by atoms with Crippen molar-refractivity contribution in [3.05, 3.63) is 35.5 Å². The molecule has 70 valence electrons. The lowest BCUT2D eigenvalue weighted by Crippen LogP contribution is -2.18. The highest BCUT2D eigenvalue weighted by Crippen LogP contribution is 2.25. The number of hydrogen-bond acceptors (Lipinski definition) is 2. The first-order valence-electron chi connectivity index (χ1n) is 4.10. The van der Waals surface area contributed by atoms with Crippen molar-refractivity contribution in [3.8, 4) is 0 Å². The van der Waals surface area contributed by atoms with Gasteiger partial charge in [-0.1, -0.05) is 12.2 Å². The maximum absolute atomic E-state index is 11.2. The van der Waals surface area contributed by atoms with E-state index in [0.29, 0.717) is 5.57 Å². The Morgan fingerprint density at radius 3 is 3.00 bits per heavy atom. The van der Waals surface area contributed by atoms with Crippen molar-refractivity contribution >= 4 is 18.1 Å². The zero-order valence-electron chi connectivity index (χ0n) is 7.18. The fraction of sp³-hybridized carbons (Fsp3) is 0.100. The van der Waals surface area contributed by atoms with Gasteiger partial charge in [0.25, 0.3) is 5.91 Å². The molecule has 1 N–H and O–H groups in total. The van der Waals surface area contributed by atoms with Crippen LogP contribution in [0, 0.1) is 5.92 Å². The minimum absolute atomic E-state index is 0.190. The molecular formula is C10H7NO3. The Labute approximate surface area is 80.0 Å². The van der Waals surface area contributed by atoms with Crippen molar-refractivity contribution in [1.82, 2.24) is 0 Å². The lowest BCUT2D eigenvalue weighted by Gasteiger charge is -2.17. The Kier molecular flexibility index (Phi) is 1.89. The van der Waals surface area contributed by atoms with Crippen molar-refractivity contribution in [2.45, 2.75) is 0 Å². The molecule has 14 heavy (non-hydrogen) atoms. The molecule has 0 aromatic rings. The van der Waals surface area contributed by atoms with Crippen LogP contribution >= 0.6 is 0 Å². The van der Waals surface area contributed by atoms with Gasteiger partial charge in [-0.15, -0.1) is 0 Å². The van der Waals surface area contributed by atoms with E-state index in [9.17, 15) is 9.59 Å². The molecule has 0 aromatic heterocycles. The Morgan fingerprint density at radius 1 is 1.50 bits per heavy atom. The number of hydrogen-bond donors (Lipinski definition) is 1. The van der Waals surface area contributed by atoms with Crippen molar-refractivity contribution in [2.24, 2.45) is 10.9 Å². The summed E-state index contributed by atoms with van der Waals surface area (Å²) in [6, 6.07) is 0. The van der Waals surface area contributed by atoms with Crippen LogP contribution in [-0.4, -0.2) is 23.2 Å². The predicted octanol–water partition coefficient (Wildman–Crippen LogP) is 0.721. The molecule has 1 heterocycles. The monoisotopic (exact) mass is 189 g/mol. The molecule has 0 bridgehead atoms. The minimum atomic E-state index is -0.990. The van der Waals surface area contributed by atoms with Crippen molar-refractivity contribution < 1.29 is 14.7 Å². The molecule has 4 heteroatoms. The molecule has 1 aliphatic carbocycles. The van der Waals surface area contributed by atoms with Gasteiger partial charge in [-0.2, -0.15) is 0 Å². The second-order valence-electron chi connectivity index (χ2n) is 3.02. The van der Waals surface area contributed by atoms with Crippen molar-refractivity contribution in [2.75, 3.05) is 0 Å². The highest BCUT2D eigenvalue weighted by molar-refractivity contribution is 6.00. The Bertz CT molecular complexity index is 427. The summed E-state index contributed by atoms with van der Waals surface area (Å²) in [4.78, 5) is 25.5. The smallest absolute Gasteiger partial charge is 0.335 e. The predicted molar refractivity (Wildman–Crippen MR) is 49.9 cm³/mol. The lowest BCUT2D eigenvalue weighted by atomic mass is 9.89. The Morgan fingerprint density at radius 2 is 2.29 bits per heavy atom. The Hall–Kier alpha value is -1.97. The molecule has 1 atom stereocenters. The summed E-state index contributed by atoms with van der Waals surface area (Å²) < 4.78 is 0. The number of carbonyl (C=O) groups is 2. The number of nitrogens with zero attached hydrogens (tertiary/aromatic N) is 1. The summed E-state index contributed by atoms with van der Waals surface area (Å²) in [7, 11) is 0. The van der Waals surface area contributed by atoms with Gasteiger partial charge >= 0.3 is 5.97 Å². The third kappa shape index (κ3) is 1.31. The van der Waals surface area contributed by atoms with Gasteiger partial charge in [-0.3, -0.25) is 4.79 Å². The molecule has 0 aromatic carbocycles. The average molecular weight is 189 g/mol. The van der Waals surface area contributed by atoms with Crippen LogP contribution in [-0.2, 0) is 9.59 Å². The molecule has 0 fully saturated rings. The summed E-state index contributed by atoms with van der Waals surface area (Å²) in [6.07, 6.45) is 7.54. The van der Waals surface area contributed by atoms with Gasteiger partial charge in [0.15, 0.2) is 0 Å². The molecule has 0 spiro atoms. The molecular weight excluding hydrogens is 182 g/mol. The summed E-state index contributed by atoms with van der Waals surface area (Å²) in [5.74, 6) is -1.64. The van der Waals surface area contributed by atoms with Crippen LogP contribution in [0.25, 0.3) is 0 Å². The molecule has 0 saturated carbocycles. The van der Waals surface area contributed by atoms with Gasteiger partial charge in [0, 0.05) is 6.21 Å². The van der Waals surface area contributed by atoms with Crippen LogP contribution < -0.4 is 0 Å². The minimum Gasteiger partial charge on any atom is -0.478 e. The van der Waals surface area contributed by atoms with Gasteiger partial charge in [-0.05, 0) is 17.7 Å². The van der Waals surface area contributed by atoms with Crippen LogP contribution in [0.2, 0.25) is 0 Å². The van der Waals surface area contributed by atoms with Gasteiger partial charge in [0.2, 0.25) is 0 Å². The van der Waals surface area contributed by atoms with Crippen LogP contribution in [0.5, 0.6) is 0 Å². The Balaban J connectivity index is 2.40. The first-order chi connectivity index (χ1) is 6.68. The number of rotatable bonds is 1. The highest BCUT2D eigenvalue weighted by Gasteiger charge is 2.24. The fourth-order valence-electron chi connectivity index (χ4n) is 1.42. The standard InChI is InChI=1S/C10H7NO3/c12-9-8-2-1-7(10(13)14)5-6(8)3-4-11-9/h1-5,8H,(H,13,14). The molecule has 0 radical (unpaired) electrons. The molecule has 2 aliphatic rings. The topological polar surface area (TPSA) is 66.7 Å². The van der Waals surface area contributed by atoms with E-state index in [2.05, 4.69) is 4.99 Å². The zero-order valence-corrected chi connectivity index (χ0v) is 7.18. The first-order valence-corrected chi connectivity index (χ1v) is 4.10. The van der Waals surface area contributed by atoms with Gasteiger partial charge < -0.3 is 5.11 Å². The molecule has 4 nitrogen and oxygen atoms in total. The van der Waals surface area contributed by atoms with E-state index < -0.39 is 11.9 Å². The fourth-order valence-corrected chi connectivity index (χ4v) is 1.42. The van der Waals surface area contributed by atoms with Crippen LogP contribution in [0.3, 0.4) is 0 Å². The summed E-state index contributed by atoms with van der Waals surface area (Å²) in [6.45, 7) is 0. The second kappa shape index (κ2) is 3.06. The van der Waals surface area contributed by atoms with E-state index in [-0.39, 0.29) is 11.5 Å². The summed E-state index contributed by atoms with van der Waals surface area (Å²) in [5, 5.41) is 8.73. The normalized spacial score (nSPS) is 24.0. The number of fused-ring (bicyclic) bond motifs is 1. The number of aliphatic carboxylic acids is 1. The van der Waals surface area contributed by atoms with E-state index >= 15 is 0 Å². The maximum Gasteiger partial charge on any atom is 0.335 e. The van der Waals surface area contributed by atoms with Crippen LogP contribution in [0.1, 0.15) is 0 Å². The van der Waals surface area contributed by atoms with Crippen LogP contribution in [0.15, 0.2) is 40.4 Å². The number of amides is 1. The molecule has 2 rings (SSSR count). The average Bonchev–Trinajstić information content (AvgIpc) is 2.17.